The molecule has 1 heterocycles. The number of hydrogen-bond acceptors (Lipinski definition) is 2. The summed E-state index contributed by atoms with van der Waals surface area (Å²) in [5.41, 5.74) is 5.78. The van der Waals surface area contributed by atoms with Crippen molar-refractivity contribution >= 4 is 12.2 Å². The van der Waals surface area contributed by atoms with E-state index in [1.807, 2.05) is 0 Å². The number of aldehydes is 1. The number of primary amides is 1. The third-order valence-electron chi connectivity index (χ3n) is 1.45. The van der Waals surface area contributed by atoms with Crippen molar-refractivity contribution in [3.8, 4) is 0 Å². The van der Waals surface area contributed by atoms with E-state index >= 15 is 0 Å². The zero-order valence-corrected chi connectivity index (χ0v) is 6.07. The van der Waals surface area contributed by atoms with Crippen LogP contribution in [0.2, 0.25) is 0 Å². The molecule has 0 unspecified atom stereocenters. The zero-order chi connectivity index (χ0) is 8.43. The van der Waals surface area contributed by atoms with Crippen LogP contribution in [0.15, 0.2) is 12.3 Å². The Hall–Kier alpha value is -1.58. The number of hydrogen-bond donors (Lipinski definition) is 1. The van der Waals surface area contributed by atoms with E-state index in [4.69, 9.17) is 5.73 Å². The van der Waals surface area contributed by atoms with E-state index in [9.17, 15) is 9.59 Å². The average Bonchev–Trinajstić information content (AvgIpc) is 2.31. The molecule has 58 valence electrons. The van der Waals surface area contributed by atoms with Gasteiger partial charge in [0, 0.05) is 13.2 Å². The summed E-state index contributed by atoms with van der Waals surface area (Å²) in [6.45, 7) is 0. The Morgan fingerprint density at radius 2 is 2.36 bits per heavy atom. The molecule has 0 saturated heterocycles. The molecule has 2 N–H and O–H groups in total. The lowest BCUT2D eigenvalue weighted by molar-refractivity contribution is 0.1000. The highest BCUT2D eigenvalue weighted by Crippen LogP contribution is 2.03. The van der Waals surface area contributed by atoms with Crippen molar-refractivity contribution in [3.05, 3.63) is 23.5 Å². The average molecular weight is 152 g/mol. The van der Waals surface area contributed by atoms with Crippen LogP contribution in [0.25, 0.3) is 0 Å². The van der Waals surface area contributed by atoms with Crippen molar-refractivity contribution in [2.24, 2.45) is 12.8 Å². The fraction of sp³-hybridized carbons (Fsp3) is 0.143. The predicted octanol–water partition coefficient (Wildman–Crippen LogP) is -0.0635. The Bertz CT molecular complexity index is 301. The van der Waals surface area contributed by atoms with Gasteiger partial charge < -0.3 is 10.3 Å². The van der Waals surface area contributed by atoms with Gasteiger partial charge in [0.25, 0.3) is 0 Å². The van der Waals surface area contributed by atoms with E-state index < -0.39 is 5.91 Å². The Kier molecular flexibility index (Phi) is 1.76. The molecule has 0 saturated carbocycles. The van der Waals surface area contributed by atoms with Crippen LogP contribution in [0.1, 0.15) is 20.8 Å². The Morgan fingerprint density at radius 1 is 1.73 bits per heavy atom. The molecule has 1 aromatic rings. The largest absolute Gasteiger partial charge is 0.366 e. The van der Waals surface area contributed by atoms with Gasteiger partial charge in [-0.15, -0.1) is 0 Å². The Labute approximate surface area is 63.6 Å². The topological polar surface area (TPSA) is 65.1 Å². The number of aryl methyl sites for hydroxylation is 1. The van der Waals surface area contributed by atoms with E-state index in [1.54, 1.807) is 11.6 Å². The Morgan fingerprint density at radius 3 is 2.64 bits per heavy atom. The molecule has 0 aromatic carbocycles. The predicted molar refractivity (Wildman–Crippen MR) is 39.3 cm³/mol. The fourth-order valence-electron chi connectivity index (χ4n) is 0.833. The summed E-state index contributed by atoms with van der Waals surface area (Å²) in [7, 11) is 1.68. The standard InChI is InChI=1S/C7H8N2O2/c1-9-3-5(7(8)11)2-6(9)4-10/h2-4H,1H3,(H2,8,11). The molecule has 0 fully saturated rings. The normalized spacial score (nSPS) is 9.55. The van der Waals surface area contributed by atoms with Gasteiger partial charge in [-0.1, -0.05) is 0 Å². The summed E-state index contributed by atoms with van der Waals surface area (Å²) < 4.78 is 1.55. The first-order chi connectivity index (χ1) is 5.15. The second-order valence-electron chi connectivity index (χ2n) is 2.25. The SMILES string of the molecule is Cn1cc(C(N)=O)cc1C=O. The van der Waals surface area contributed by atoms with Gasteiger partial charge in [0.2, 0.25) is 5.91 Å². The summed E-state index contributed by atoms with van der Waals surface area (Å²) in [5.74, 6) is -0.520. The molecule has 0 aliphatic heterocycles. The van der Waals surface area contributed by atoms with Crippen LogP contribution < -0.4 is 5.73 Å². The highest BCUT2D eigenvalue weighted by atomic mass is 16.1. The minimum Gasteiger partial charge on any atom is -0.366 e. The molecule has 0 aliphatic rings. The maximum absolute atomic E-state index is 10.6. The third kappa shape index (κ3) is 1.29. The van der Waals surface area contributed by atoms with Crippen LogP contribution in [-0.2, 0) is 7.05 Å². The van der Waals surface area contributed by atoms with Gasteiger partial charge in [-0.3, -0.25) is 9.59 Å². The van der Waals surface area contributed by atoms with Crippen LogP contribution in [-0.4, -0.2) is 16.8 Å². The second-order valence-corrected chi connectivity index (χ2v) is 2.25. The number of aromatic nitrogens is 1. The lowest BCUT2D eigenvalue weighted by atomic mass is 10.3. The van der Waals surface area contributed by atoms with Gasteiger partial charge in [0.05, 0.1) is 11.3 Å². The number of carbonyl (C=O) groups is 2. The highest BCUT2D eigenvalue weighted by Gasteiger charge is 2.05. The van der Waals surface area contributed by atoms with Crippen LogP contribution in [0, 0.1) is 0 Å². The first-order valence-electron chi connectivity index (χ1n) is 3.06. The van der Waals surface area contributed by atoms with E-state index in [1.165, 1.54) is 12.3 Å². The van der Waals surface area contributed by atoms with Crippen molar-refractivity contribution in [2.75, 3.05) is 0 Å². The summed E-state index contributed by atoms with van der Waals surface area (Å²) >= 11 is 0. The molecule has 0 spiro atoms. The molecule has 1 aromatic heterocycles. The van der Waals surface area contributed by atoms with Crippen molar-refractivity contribution in [2.45, 2.75) is 0 Å². The summed E-state index contributed by atoms with van der Waals surface area (Å²) in [4.78, 5) is 20.9. The van der Waals surface area contributed by atoms with Crippen molar-refractivity contribution in [1.29, 1.82) is 0 Å². The number of nitrogens with two attached hydrogens (primary N) is 1. The summed E-state index contributed by atoms with van der Waals surface area (Å²) in [6, 6.07) is 1.45. The molecule has 0 aliphatic carbocycles. The molecular formula is C7H8N2O2. The van der Waals surface area contributed by atoms with Crippen LogP contribution in [0.3, 0.4) is 0 Å². The first-order valence-corrected chi connectivity index (χ1v) is 3.06. The molecule has 4 nitrogen and oxygen atoms in total. The molecule has 0 atom stereocenters. The van der Waals surface area contributed by atoms with Gasteiger partial charge >= 0.3 is 0 Å². The third-order valence-corrected chi connectivity index (χ3v) is 1.45. The zero-order valence-electron chi connectivity index (χ0n) is 6.07. The van der Waals surface area contributed by atoms with Gasteiger partial charge in [0.1, 0.15) is 0 Å². The van der Waals surface area contributed by atoms with E-state index in [0.717, 1.165) is 0 Å². The van der Waals surface area contributed by atoms with Crippen molar-refractivity contribution in [3.63, 3.8) is 0 Å². The van der Waals surface area contributed by atoms with Crippen LogP contribution in [0.5, 0.6) is 0 Å². The Balaban J connectivity index is 3.14. The number of rotatable bonds is 2. The minimum absolute atomic E-state index is 0.356. The summed E-state index contributed by atoms with van der Waals surface area (Å²) in [6.07, 6.45) is 2.19. The van der Waals surface area contributed by atoms with Crippen LogP contribution in [0.4, 0.5) is 0 Å². The molecule has 1 amide bonds. The van der Waals surface area contributed by atoms with Crippen molar-refractivity contribution in [1.82, 2.24) is 4.57 Å². The summed E-state index contributed by atoms with van der Waals surface area (Å²) in [5, 5.41) is 0. The second kappa shape index (κ2) is 2.57. The quantitative estimate of drug-likeness (QED) is 0.603. The van der Waals surface area contributed by atoms with Gasteiger partial charge in [0.15, 0.2) is 6.29 Å². The smallest absolute Gasteiger partial charge is 0.250 e. The van der Waals surface area contributed by atoms with E-state index in [0.29, 0.717) is 17.5 Å². The lowest BCUT2D eigenvalue weighted by Gasteiger charge is -1.89. The fourth-order valence-corrected chi connectivity index (χ4v) is 0.833. The van der Waals surface area contributed by atoms with Gasteiger partial charge in [-0.2, -0.15) is 0 Å². The first kappa shape index (κ1) is 7.53. The molecule has 11 heavy (non-hydrogen) atoms. The molecular weight excluding hydrogens is 144 g/mol. The maximum atomic E-state index is 10.6. The van der Waals surface area contributed by atoms with Gasteiger partial charge in [-0.05, 0) is 6.07 Å². The number of amides is 1. The minimum atomic E-state index is -0.520. The van der Waals surface area contributed by atoms with Crippen molar-refractivity contribution < 1.29 is 9.59 Å². The van der Waals surface area contributed by atoms with Crippen LogP contribution >= 0.6 is 0 Å². The number of nitrogens with zero attached hydrogens (tertiary/aromatic N) is 1. The van der Waals surface area contributed by atoms with E-state index in [-0.39, 0.29) is 0 Å². The monoisotopic (exact) mass is 152 g/mol. The van der Waals surface area contributed by atoms with E-state index in [2.05, 4.69) is 0 Å². The molecule has 4 heteroatoms. The van der Waals surface area contributed by atoms with Gasteiger partial charge in [-0.25, -0.2) is 0 Å². The lowest BCUT2D eigenvalue weighted by Crippen LogP contribution is -2.09. The maximum Gasteiger partial charge on any atom is 0.250 e. The highest BCUT2D eigenvalue weighted by molar-refractivity contribution is 5.94. The molecule has 1 rings (SSSR count). The molecule has 0 bridgehead atoms. The molecule has 0 radical (unpaired) electrons. The number of carbonyl (C=O) groups excluding carboxylic acids is 2.